The quantitative estimate of drug-likeness (QED) is 0.00997. The Bertz CT molecular complexity index is 7340. The Balaban J connectivity index is 0.000000175. The number of nitrogens with one attached hydrogen (secondary N) is 4. The van der Waals surface area contributed by atoms with E-state index in [0.717, 1.165) is 71.2 Å². The lowest BCUT2D eigenvalue weighted by Crippen LogP contribution is -2.20. The zero-order valence-corrected chi connectivity index (χ0v) is 89.2. The first-order valence-electron chi connectivity index (χ1n) is 45.2. The van der Waals surface area contributed by atoms with Gasteiger partial charge in [0.2, 0.25) is 34.0 Å². The van der Waals surface area contributed by atoms with Crippen molar-refractivity contribution >= 4 is 213 Å². The first-order chi connectivity index (χ1) is 71.2. The number of fused-ring (bicyclic) bond motifs is 4. The highest BCUT2D eigenvalue weighted by Crippen LogP contribution is 2.53. The Kier molecular flexibility index (Phi) is 45.5. The molecule has 1 aliphatic carbocycles. The van der Waals surface area contributed by atoms with Crippen LogP contribution < -0.4 is 45.2 Å². The molecule has 0 aliphatic heterocycles. The number of rotatable bonds is 53. The fraction of sp³-hybridized carbons (Fsp3) is 0.326. The summed E-state index contributed by atoms with van der Waals surface area (Å²) in [6, 6.07) is 44.1. The number of aromatic nitrogens is 16. The van der Waals surface area contributed by atoms with Gasteiger partial charge in [0.1, 0.15) is 25.4 Å². The highest BCUT2D eigenvalue weighted by atomic mass is 35.5. The molecule has 0 bridgehead atoms. The number of hydrogen-bond donors (Lipinski definition) is 8. The average molecular weight is 2270 g/mol. The van der Waals surface area contributed by atoms with Gasteiger partial charge in [0.15, 0.2) is 54.9 Å². The number of nitrogens with two attached hydrogens (primary N) is 4. The number of benzene rings is 6. The molecule has 8 heterocycles. The summed E-state index contributed by atoms with van der Waals surface area (Å²) in [5.41, 5.74) is 27.7. The lowest BCUT2D eigenvalue weighted by atomic mass is 9.87. The Morgan fingerprint density at radius 2 is 0.682 bits per heavy atom. The lowest BCUT2D eigenvalue weighted by molar-refractivity contribution is -0.116. The summed E-state index contributed by atoms with van der Waals surface area (Å²) in [5.74, 6) is 1.27. The summed E-state index contributed by atoms with van der Waals surface area (Å²) < 4.78 is 128. The minimum Gasteiger partial charge on any atom is -0.369 e. The van der Waals surface area contributed by atoms with Crippen LogP contribution in [0.4, 0.5) is 23.8 Å². The first-order valence-corrected chi connectivity index (χ1v) is 57.6. The summed E-state index contributed by atoms with van der Waals surface area (Å²) in [7, 11) is -14.7. The number of thioether (sulfide) groups is 4. The lowest BCUT2D eigenvalue weighted by Gasteiger charge is -2.23. The predicted molar refractivity (Wildman–Crippen MR) is 571 cm³/mol. The van der Waals surface area contributed by atoms with E-state index in [1.165, 1.54) is 43.1 Å². The van der Waals surface area contributed by atoms with E-state index in [2.05, 4.69) is 66.4 Å². The number of allylic oxidation sites excluding steroid dienone is 1. The van der Waals surface area contributed by atoms with Crippen molar-refractivity contribution in [2.75, 3.05) is 124 Å². The van der Waals surface area contributed by atoms with Gasteiger partial charge in [0.05, 0.1) is 105 Å². The van der Waals surface area contributed by atoms with Gasteiger partial charge in [-0.25, -0.2) is 19.9 Å². The molecular weight excluding hydrogens is 2160 g/mol. The van der Waals surface area contributed by atoms with Crippen LogP contribution in [-0.4, -0.2) is 200 Å². The second-order valence-electron chi connectivity index (χ2n) is 31.8. The molecule has 788 valence electrons. The van der Waals surface area contributed by atoms with E-state index in [4.69, 9.17) is 124 Å². The van der Waals surface area contributed by atoms with Gasteiger partial charge >= 0.3 is 30.4 Å². The van der Waals surface area contributed by atoms with Crippen LogP contribution >= 0.6 is 124 Å². The number of hydrogen-bond acceptors (Lipinski definition) is 40. The van der Waals surface area contributed by atoms with E-state index >= 15 is 0 Å². The summed E-state index contributed by atoms with van der Waals surface area (Å²) >= 11 is 28.5. The number of nitrogens with zero attached hydrogens (tertiary/aromatic N) is 12. The molecule has 148 heavy (non-hydrogen) atoms. The van der Waals surface area contributed by atoms with E-state index in [1.807, 2.05) is 25.1 Å². The first kappa shape index (κ1) is 116. The number of anilines is 4. The molecule has 0 spiro atoms. The SMILES string of the molecule is C=CCC(=O)SCCOP(=O)(COCCn1cnc2c(=O)[nH]c(N)nc21)OCc1cccc(Cl)c1.Cc1ccc(C(=O)SCCOP(=O)(COCCn2cnc3c(=O)[nH]c(N)nc32)OCc2cccc(Cl)c2)cc1.Nc1nc2c(ncn2CCOCP(=O)(OCCSC(=O)C2CCC2)OCc2cccc(Cl)c2)c(=O)[nH]1.Nc1nc2c(ncn2CCOCP(=O)(OCCSC(=O)c2ccccc2)OCc2cccc(Cl)c2)c(=O)[nH]1. The second-order valence-corrected chi connectivity index (χ2v) is 45.9. The molecule has 4 unspecified atom stereocenters. The van der Waals surface area contributed by atoms with Crippen LogP contribution in [-0.2, 0) is 136 Å². The number of imidazole rings is 4. The van der Waals surface area contributed by atoms with Crippen molar-refractivity contribution in [2.45, 2.75) is 85.2 Å². The number of carbonyl (C=O) groups excluding carboxylic acids is 4. The van der Waals surface area contributed by atoms with Gasteiger partial charge in [-0.3, -0.25) is 76.6 Å². The fourth-order valence-electron chi connectivity index (χ4n) is 13.2. The highest BCUT2D eigenvalue weighted by Gasteiger charge is 2.32. The molecule has 15 rings (SSSR count). The van der Waals surface area contributed by atoms with Crippen LogP contribution in [0.3, 0.4) is 0 Å². The van der Waals surface area contributed by atoms with Gasteiger partial charge in [-0.15, -0.1) is 6.58 Å². The van der Waals surface area contributed by atoms with Gasteiger partial charge < -0.3 is 96.3 Å². The molecular formula is C92H104Cl4N20O24P4S4. The van der Waals surface area contributed by atoms with Crippen LogP contribution in [0.15, 0.2) is 209 Å². The number of H-pyrrole nitrogens is 4. The molecule has 0 radical (unpaired) electrons. The van der Waals surface area contributed by atoms with Crippen molar-refractivity contribution in [3.8, 4) is 0 Å². The normalized spacial score (nSPS) is 13.6. The number of ether oxygens (including phenoxy) is 4. The summed E-state index contributed by atoms with van der Waals surface area (Å²) in [4.78, 5) is 138. The number of aromatic amines is 4. The van der Waals surface area contributed by atoms with Gasteiger partial charge in [-0.1, -0.05) is 215 Å². The third-order valence-electron chi connectivity index (χ3n) is 20.6. The van der Waals surface area contributed by atoms with Crippen molar-refractivity contribution < 1.29 is 92.6 Å². The molecule has 8 aromatic heterocycles. The third-order valence-corrected chi connectivity index (χ3v) is 31.6. The summed E-state index contributed by atoms with van der Waals surface area (Å²) in [5, 5.41) is 1.98. The van der Waals surface area contributed by atoms with E-state index < -0.39 is 52.6 Å². The number of nitrogen functional groups attached to an aromatic ring is 4. The van der Waals surface area contributed by atoms with Crippen molar-refractivity contribution in [1.82, 2.24) is 78.1 Å². The van der Waals surface area contributed by atoms with Crippen LogP contribution in [0, 0.1) is 12.8 Å². The molecule has 44 nitrogen and oxygen atoms in total. The average Bonchev–Trinajstić information content (AvgIpc) is 1.67. The molecule has 1 fully saturated rings. The fourth-order valence-corrected chi connectivity index (χ4v) is 22.5. The molecule has 12 N–H and O–H groups in total. The second kappa shape index (κ2) is 58.1. The standard InChI is InChI=1S/C25H27ClN5O6PS.C24H25ClN5O6PS.C22H27ClN5O6PS.C21H25ClN5O6PS/c1-17-5-7-19(8-6-17)24(33)39-12-11-36-38(34,37-14-18-3-2-4-20(26)13-18)16-35-10-9-31-15-28-21-22(31)29-25(27)30-23(21)32;25-19-8-4-5-17(13-19)14-36-37(33,35-11-12-38-23(32)18-6-2-1-3-7-18)16-34-10-9-30-15-27-20-21(30)28-24(26)29-22(20)31;23-17-6-1-3-15(11-17)12-34-35(31,33-9-10-36-21(30)16-4-2-5-16)14-32-8-7-28-13-25-18-19(28)26-22(24)27-20(18)29;1-2-4-17(28)35-10-9-32-34(30,33-12-15-5-3-6-16(22)11-15)14-31-8-7-27-13-24-18-19(27)25-21(23)26-20(18)29/h2-8,13,15H,9-12,14,16H2,1H3,(H3,27,29,30,32);1-8,13,15H,9-12,14,16H2,(H3,26,28,29,31);1,3,6,11,13,16H,2,4-5,7-10,12,14H2,(H3,24,26,27,29);2-3,5-6,11,13H,1,4,7-10,12,14H2,(H3,23,25,26,29). The van der Waals surface area contributed by atoms with Gasteiger partial charge in [0.25, 0.3) is 22.2 Å². The summed E-state index contributed by atoms with van der Waals surface area (Å²) in [6.07, 6.45) is 9.25. The van der Waals surface area contributed by atoms with E-state index in [0.29, 0.717) is 76.4 Å². The summed E-state index contributed by atoms with van der Waals surface area (Å²) in [6.45, 7) is 7.15. The van der Waals surface area contributed by atoms with Crippen molar-refractivity contribution in [3.63, 3.8) is 0 Å². The maximum atomic E-state index is 13.5. The monoisotopic (exact) mass is 2260 g/mol. The smallest absolute Gasteiger partial charge is 0.356 e. The zero-order chi connectivity index (χ0) is 106. The molecule has 6 aromatic carbocycles. The van der Waals surface area contributed by atoms with E-state index in [9.17, 15) is 56.6 Å². The van der Waals surface area contributed by atoms with E-state index in [-0.39, 0.29) is 221 Å². The Morgan fingerprint density at radius 3 is 0.966 bits per heavy atom. The van der Waals surface area contributed by atoms with Gasteiger partial charge in [-0.05, 0) is 90.6 Å². The highest BCUT2D eigenvalue weighted by molar-refractivity contribution is 8.14. The van der Waals surface area contributed by atoms with Crippen LogP contribution in [0.1, 0.15) is 74.2 Å². The Hall–Kier alpha value is -10.7. The maximum Gasteiger partial charge on any atom is 0.356 e. The van der Waals surface area contributed by atoms with Gasteiger partial charge in [0, 0.05) is 92.7 Å². The topological polar surface area (TPSA) is 606 Å². The molecule has 0 saturated heterocycles. The molecule has 14 aromatic rings. The molecule has 1 saturated carbocycles. The van der Waals surface area contributed by atoms with Crippen molar-refractivity contribution in [1.29, 1.82) is 0 Å². The minimum atomic E-state index is -3.71. The van der Waals surface area contributed by atoms with E-state index in [1.54, 1.807) is 152 Å². The molecule has 56 heteroatoms. The maximum absolute atomic E-state index is 13.5. The van der Waals surface area contributed by atoms with Crippen molar-refractivity contribution in [3.05, 3.63) is 290 Å². The van der Waals surface area contributed by atoms with Crippen LogP contribution in [0.5, 0.6) is 0 Å². The molecule has 0 amide bonds. The van der Waals surface area contributed by atoms with Crippen LogP contribution in [0.2, 0.25) is 20.1 Å². The predicted octanol–water partition coefficient (Wildman–Crippen LogP) is 16.4. The molecule has 1 aliphatic rings. The number of aryl methyl sites for hydroxylation is 1. The number of carbonyl (C=O) groups is 4. The third kappa shape index (κ3) is 37.2. The Labute approximate surface area is 882 Å². The Morgan fingerprint density at radius 1 is 0.392 bits per heavy atom. The van der Waals surface area contributed by atoms with Gasteiger partial charge in [-0.2, -0.15) is 19.9 Å². The largest absolute Gasteiger partial charge is 0.369 e. The van der Waals surface area contributed by atoms with Crippen LogP contribution in [0.25, 0.3) is 44.7 Å². The van der Waals surface area contributed by atoms with Crippen molar-refractivity contribution in [2.24, 2.45) is 5.92 Å². The molecule has 4 atom stereocenters. The minimum absolute atomic E-state index is 0.00185. The zero-order valence-electron chi connectivity index (χ0n) is 79.3. The number of halogens is 4.